The molecule has 172 valence electrons. The molecule has 0 N–H and O–H groups in total. The predicted octanol–water partition coefficient (Wildman–Crippen LogP) is 4.55. The number of rotatable bonds is 6. The molecule has 0 aliphatic carbocycles. The van der Waals surface area contributed by atoms with Gasteiger partial charge >= 0.3 is 6.18 Å². The first-order valence-electron chi connectivity index (χ1n) is 10.7. The van der Waals surface area contributed by atoms with E-state index >= 15 is 0 Å². The molecular weight excluding hydrogens is 445 g/mol. The number of alkyl halides is 3. The lowest BCUT2D eigenvalue weighted by Gasteiger charge is -2.36. The number of likely N-dealkylation sites (tertiary alicyclic amines) is 1. The van der Waals surface area contributed by atoms with Crippen molar-refractivity contribution in [3.8, 4) is 11.3 Å². The summed E-state index contributed by atoms with van der Waals surface area (Å²) in [4.78, 5) is 28.3. The van der Waals surface area contributed by atoms with Crippen LogP contribution < -0.4 is 0 Å². The van der Waals surface area contributed by atoms with E-state index in [2.05, 4.69) is 12.0 Å². The number of hydrogen-bond acceptors (Lipinski definition) is 3. The molecule has 2 aromatic rings. The second-order valence-electron chi connectivity index (χ2n) is 8.30. The molecule has 2 atom stereocenters. The van der Waals surface area contributed by atoms with Gasteiger partial charge in [-0.15, -0.1) is 0 Å². The van der Waals surface area contributed by atoms with Gasteiger partial charge in [-0.3, -0.25) is 14.3 Å². The summed E-state index contributed by atoms with van der Waals surface area (Å²) in [7, 11) is 0. The normalized spacial score (nSPS) is 21.4. The minimum absolute atomic E-state index is 0.0122. The first kappa shape index (κ1) is 22.6. The number of aromatic nitrogens is 2. The largest absolute Gasteiger partial charge is 0.406 e. The molecule has 4 rings (SSSR count). The average molecular weight is 469 g/mol. The van der Waals surface area contributed by atoms with E-state index in [9.17, 15) is 22.8 Å². The van der Waals surface area contributed by atoms with Crippen LogP contribution in [0.1, 0.15) is 49.1 Å². The molecule has 3 heterocycles. The Kier molecular flexibility index (Phi) is 6.20. The fourth-order valence-corrected chi connectivity index (χ4v) is 4.56. The zero-order valence-corrected chi connectivity index (χ0v) is 18.4. The summed E-state index contributed by atoms with van der Waals surface area (Å²) in [6.07, 6.45) is -1.67. The van der Waals surface area contributed by atoms with Crippen LogP contribution in [0, 0.1) is 0 Å². The lowest BCUT2D eigenvalue weighted by molar-refractivity contribution is -0.158. The van der Waals surface area contributed by atoms with Gasteiger partial charge in [0.25, 0.3) is 5.91 Å². The van der Waals surface area contributed by atoms with E-state index in [1.54, 1.807) is 22.9 Å². The van der Waals surface area contributed by atoms with Crippen LogP contribution >= 0.6 is 11.6 Å². The van der Waals surface area contributed by atoms with Gasteiger partial charge in [-0.05, 0) is 31.0 Å². The molecule has 6 nitrogen and oxygen atoms in total. The van der Waals surface area contributed by atoms with Gasteiger partial charge in [0, 0.05) is 23.7 Å². The molecule has 2 aliphatic rings. The highest BCUT2D eigenvalue weighted by Gasteiger charge is 2.45. The van der Waals surface area contributed by atoms with E-state index in [-0.39, 0.29) is 31.5 Å². The van der Waals surface area contributed by atoms with Crippen molar-refractivity contribution in [1.82, 2.24) is 19.6 Å². The van der Waals surface area contributed by atoms with Crippen LogP contribution in [0.4, 0.5) is 13.2 Å². The van der Waals surface area contributed by atoms with Crippen molar-refractivity contribution in [1.29, 1.82) is 0 Å². The van der Waals surface area contributed by atoms with E-state index in [0.717, 1.165) is 29.7 Å². The van der Waals surface area contributed by atoms with E-state index in [0.29, 0.717) is 16.4 Å². The Labute approximate surface area is 188 Å². The van der Waals surface area contributed by atoms with Crippen molar-refractivity contribution in [2.45, 2.75) is 50.9 Å². The standard InChI is InChI=1S/C22H24ClF3N4O2/c1-2-3-4-16-12-29(18-9-10-28(20(18)31)13-22(24,25)26)21(32)19-11-17(27-30(16)19)14-5-7-15(23)8-6-14/h5-8,11,16,18H,2-4,9-10,12-13H2,1H3. The molecule has 32 heavy (non-hydrogen) atoms. The highest BCUT2D eigenvalue weighted by Crippen LogP contribution is 2.33. The van der Waals surface area contributed by atoms with Crippen molar-refractivity contribution < 1.29 is 22.8 Å². The molecule has 1 aromatic heterocycles. The molecule has 1 aromatic carbocycles. The highest BCUT2D eigenvalue weighted by molar-refractivity contribution is 6.30. The number of benzene rings is 1. The predicted molar refractivity (Wildman–Crippen MR) is 113 cm³/mol. The summed E-state index contributed by atoms with van der Waals surface area (Å²) in [6, 6.07) is 7.77. The van der Waals surface area contributed by atoms with E-state index in [1.807, 2.05) is 12.1 Å². The van der Waals surface area contributed by atoms with Gasteiger partial charge in [0.2, 0.25) is 5.91 Å². The monoisotopic (exact) mass is 468 g/mol. The molecule has 1 fully saturated rings. The van der Waals surface area contributed by atoms with Crippen LogP contribution in [-0.2, 0) is 4.79 Å². The summed E-state index contributed by atoms with van der Waals surface area (Å²) >= 11 is 5.97. The fourth-order valence-electron chi connectivity index (χ4n) is 4.44. The van der Waals surface area contributed by atoms with Crippen molar-refractivity contribution in [2.24, 2.45) is 0 Å². The smallest absolute Gasteiger partial charge is 0.332 e. The Hall–Kier alpha value is -2.55. The molecule has 0 radical (unpaired) electrons. The summed E-state index contributed by atoms with van der Waals surface area (Å²) in [5.74, 6) is -1.02. The third-order valence-electron chi connectivity index (χ3n) is 6.02. The van der Waals surface area contributed by atoms with E-state index in [1.165, 1.54) is 4.90 Å². The van der Waals surface area contributed by atoms with Crippen LogP contribution in [0.25, 0.3) is 11.3 Å². The maximum Gasteiger partial charge on any atom is 0.406 e. The second-order valence-corrected chi connectivity index (χ2v) is 8.74. The van der Waals surface area contributed by atoms with Crippen LogP contribution in [0.5, 0.6) is 0 Å². The van der Waals surface area contributed by atoms with E-state index in [4.69, 9.17) is 11.6 Å². The van der Waals surface area contributed by atoms with Crippen LogP contribution in [0.3, 0.4) is 0 Å². The minimum atomic E-state index is -4.47. The third-order valence-corrected chi connectivity index (χ3v) is 6.27. The van der Waals surface area contributed by atoms with Crippen LogP contribution in [-0.4, -0.2) is 63.2 Å². The number of nitrogens with zero attached hydrogens (tertiary/aromatic N) is 4. The number of unbranched alkanes of at least 4 members (excludes halogenated alkanes) is 1. The molecule has 0 bridgehead atoms. The van der Waals surface area contributed by atoms with Gasteiger partial charge in [-0.2, -0.15) is 18.3 Å². The van der Waals surface area contributed by atoms with Gasteiger partial charge in [0.1, 0.15) is 18.3 Å². The molecule has 0 saturated carbocycles. The highest BCUT2D eigenvalue weighted by atomic mass is 35.5. The Bertz CT molecular complexity index is 1010. The zero-order valence-electron chi connectivity index (χ0n) is 17.6. The first-order chi connectivity index (χ1) is 15.2. The van der Waals surface area contributed by atoms with Gasteiger partial charge in [-0.25, -0.2) is 0 Å². The second kappa shape index (κ2) is 8.77. The summed E-state index contributed by atoms with van der Waals surface area (Å²) in [5, 5.41) is 5.25. The quantitative estimate of drug-likeness (QED) is 0.624. The van der Waals surface area contributed by atoms with Gasteiger partial charge < -0.3 is 9.80 Å². The molecule has 1 saturated heterocycles. The summed E-state index contributed by atoms with van der Waals surface area (Å²) < 4.78 is 40.2. The van der Waals surface area contributed by atoms with Gasteiger partial charge in [0.15, 0.2) is 0 Å². The molecule has 2 aliphatic heterocycles. The van der Waals surface area contributed by atoms with Crippen LogP contribution in [0.15, 0.2) is 30.3 Å². The van der Waals surface area contributed by atoms with Crippen molar-refractivity contribution in [3.63, 3.8) is 0 Å². The summed E-state index contributed by atoms with van der Waals surface area (Å²) in [5.41, 5.74) is 1.77. The van der Waals surface area contributed by atoms with Crippen molar-refractivity contribution in [2.75, 3.05) is 19.6 Å². The minimum Gasteiger partial charge on any atom is -0.332 e. The number of fused-ring (bicyclic) bond motifs is 1. The maximum atomic E-state index is 13.3. The number of halogens is 4. The van der Waals surface area contributed by atoms with Crippen molar-refractivity contribution in [3.05, 3.63) is 41.0 Å². The first-order valence-corrected chi connectivity index (χ1v) is 11.1. The summed E-state index contributed by atoms with van der Waals surface area (Å²) in [6.45, 7) is 1.01. The number of carbonyl (C=O) groups excluding carboxylic acids is 2. The SMILES string of the molecule is CCCCC1CN(C2CCN(CC(F)(F)F)C2=O)C(=O)c2cc(-c3ccc(Cl)cc3)nn21. The molecular formula is C22H24ClF3N4O2. The fraction of sp³-hybridized carbons (Fsp3) is 0.500. The van der Waals surface area contributed by atoms with E-state index < -0.39 is 24.7 Å². The zero-order chi connectivity index (χ0) is 23.0. The van der Waals surface area contributed by atoms with Crippen molar-refractivity contribution >= 4 is 23.4 Å². The molecule has 0 spiro atoms. The topological polar surface area (TPSA) is 58.4 Å². The lowest BCUT2D eigenvalue weighted by atomic mass is 10.0. The molecule has 10 heteroatoms. The molecule has 2 unspecified atom stereocenters. The Morgan fingerprint density at radius 1 is 1.19 bits per heavy atom. The molecule has 2 amide bonds. The maximum absolute atomic E-state index is 13.3. The lowest BCUT2D eigenvalue weighted by Crippen LogP contribution is -2.52. The Morgan fingerprint density at radius 3 is 2.56 bits per heavy atom. The number of carbonyl (C=O) groups is 2. The number of amides is 2. The van der Waals surface area contributed by atoms with Crippen LogP contribution in [0.2, 0.25) is 5.02 Å². The van der Waals surface area contributed by atoms with Gasteiger partial charge in [0.05, 0.1) is 11.7 Å². The Balaban J connectivity index is 1.63. The Morgan fingerprint density at radius 2 is 1.91 bits per heavy atom. The average Bonchev–Trinajstić information content (AvgIpc) is 3.32. The third kappa shape index (κ3) is 4.48. The van der Waals surface area contributed by atoms with Gasteiger partial charge in [-0.1, -0.05) is 43.5 Å². The number of hydrogen-bond donors (Lipinski definition) is 0.